The maximum Gasteiger partial charge on any atom is 0.166 e. The van der Waals surface area contributed by atoms with Crippen molar-refractivity contribution in [1.82, 2.24) is 20.5 Å². The predicted octanol–water partition coefficient (Wildman–Crippen LogP) is 2.01. The normalized spacial score (nSPS) is 10.3. The number of pyridine rings is 1. The minimum absolute atomic E-state index is 0.555. The number of aryl methyl sites for hydroxylation is 1. The summed E-state index contributed by atoms with van der Waals surface area (Å²) in [6, 6.07) is 5.60. The molecule has 2 heterocycles. The third kappa shape index (κ3) is 3.81. The summed E-state index contributed by atoms with van der Waals surface area (Å²) in [5.41, 5.74) is 1.33. The minimum atomic E-state index is 0.555. The maximum atomic E-state index is 8.72. The van der Waals surface area contributed by atoms with E-state index in [2.05, 4.69) is 27.4 Å². The minimum Gasteiger partial charge on any atom is -0.317 e. The van der Waals surface area contributed by atoms with Gasteiger partial charge in [-0.15, -0.1) is 10.2 Å². The highest BCUT2D eigenvalue weighted by atomic mass is 32.1. The van der Waals surface area contributed by atoms with Gasteiger partial charge in [-0.3, -0.25) is 4.98 Å². The van der Waals surface area contributed by atoms with Gasteiger partial charge in [0, 0.05) is 12.6 Å². The molecule has 0 spiro atoms. The Bertz CT molecular complexity index is 555. The molecule has 0 radical (unpaired) electrons. The van der Waals surface area contributed by atoms with Gasteiger partial charge in [0.2, 0.25) is 0 Å². The number of nitriles is 1. The first kappa shape index (κ1) is 13.6. The van der Waals surface area contributed by atoms with Crippen LogP contribution in [0.2, 0.25) is 0 Å². The van der Waals surface area contributed by atoms with Crippen LogP contribution in [0.15, 0.2) is 18.3 Å². The number of hydrogen-bond acceptors (Lipinski definition) is 6. The van der Waals surface area contributed by atoms with Crippen molar-refractivity contribution in [1.29, 1.82) is 5.26 Å². The topological polar surface area (TPSA) is 74.5 Å². The number of nitrogens with one attached hydrogen (secondary N) is 1. The number of hydrogen-bond donors (Lipinski definition) is 1. The summed E-state index contributed by atoms with van der Waals surface area (Å²) < 4.78 is 0. The van der Waals surface area contributed by atoms with Gasteiger partial charge in [0.15, 0.2) is 5.01 Å². The number of rotatable bonds is 6. The van der Waals surface area contributed by atoms with Gasteiger partial charge in [0.25, 0.3) is 0 Å². The van der Waals surface area contributed by atoms with E-state index in [9.17, 15) is 0 Å². The first-order valence-corrected chi connectivity index (χ1v) is 7.04. The molecule has 2 aromatic rings. The first-order valence-electron chi connectivity index (χ1n) is 6.23. The van der Waals surface area contributed by atoms with Gasteiger partial charge in [0.1, 0.15) is 16.8 Å². The Hall–Kier alpha value is -1.84. The molecule has 0 aromatic carbocycles. The highest BCUT2D eigenvalue weighted by molar-refractivity contribution is 7.14. The second-order valence-corrected chi connectivity index (χ2v) is 5.06. The van der Waals surface area contributed by atoms with Crippen molar-refractivity contribution >= 4 is 11.3 Å². The zero-order valence-electron chi connectivity index (χ0n) is 10.8. The molecule has 1 N–H and O–H groups in total. The lowest BCUT2D eigenvalue weighted by atomic mass is 10.3. The molecule has 0 atom stereocenters. The largest absolute Gasteiger partial charge is 0.317 e. The molecule has 0 fully saturated rings. The fourth-order valence-corrected chi connectivity index (χ4v) is 2.44. The summed E-state index contributed by atoms with van der Waals surface area (Å²) in [5, 5.41) is 22.2. The molecule has 6 heteroatoms. The summed E-state index contributed by atoms with van der Waals surface area (Å²) in [5.74, 6) is 0. The summed E-state index contributed by atoms with van der Waals surface area (Å²) in [6.07, 6.45) is 3.55. The van der Waals surface area contributed by atoms with E-state index in [4.69, 9.17) is 5.26 Å². The van der Waals surface area contributed by atoms with E-state index in [0.717, 1.165) is 41.6 Å². The van der Waals surface area contributed by atoms with Gasteiger partial charge in [0.05, 0.1) is 5.56 Å². The Morgan fingerprint density at radius 2 is 2.26 bits per heavy atom. The average molecular weight is 273 g/mol. The molecule has 0 bridgehead atoms. The summed E-state index contributed by atoms with van der Waals surface area (Å²) in [7, 11) is 0. The van der Waals surface area contributed by atoms with Gasteiger partial charge >= 0.3 is 0 Å². The predicted molar refractivity (Wildman–Crippen MR) is 74.7 cm³/mol. The Balaban J connectivity index is 1.98. The van der Waals surface area contributed by atoms with E-state index >= 15 is 0 Å². The zero-order valence-corrected chi connectivity index (χ0v) is 11.6. The highest BCUT2D eigenvalue weighted by Crippen LogP contribution is 2.22. The monoisotopic (exact) mass is 273 g/mol. The van der Waals surface area contributed by atoms with Crippen LogP contribution in [0.3, 0.4) is 0 Å². The van der Waals surface area contributed by atoms with Gasteiger partial charge < -0.3 is 5.32 Å². The molecule has 0 saturated heterocycles. The number of nitrogens with zero attached hydrogens (tertiary/aromatic N) is 4. The summed E-state index contributed by atoms with van der Waals surface area (Å²) in [6.45, 7) is 4.09. The van der Waals surface area contributed by atoms with Crippen molar-refractivity contribution in [3.05, 3.63) is 28.9 Å². The van der Waals surface area contributed by atoms with Crippen molar-refractivity contribution < 1.29 is 0 Å². The Kier molecular flexibility index (Phi) is 4.95. The van der Waals surface area contributed by atoms with Crippen LogP contribution < -0.4 is 5.32 Å². The van der Waals surface area contributed by atoms with Crippen molar-refractivity contribution in [2.45, 2.75) is 19.8 Å². The second kappa shape index (κ2) is 6.92. The Labute approximate surface area is 116 Å². The summed E-state index contributed by atoms with van der Waals surface area (Å²) in [4.78, 5) is 4.22. The van der Waals surface area contributed by atoms with Crippen molar-refractivity contribution in [3.63, 3.8) is 0 Å². The summed E-state index contributed by atoms with van der Waals surface area (Å²) >= 11 is 1.56. The fraction of sp³-hybridized carbons (Fsp3) is 0.385. The molecule has 19 heavy (non-hydrogen) atoms. The van der Waals surface area contributed by atoms with Crippen LogP contribution in [0.4, 0.5) is 0 Å². The number of aromatic nitrogens is 3. The second-order valence-electron chi connectivity index (χ2n) is 4.00. The van der Waals surface area contributed by atoms with Gasteiger partial charge in [-0.25, -0.2) is 0 Å². The molecule has 0 aliphatic heterocycles. The van der Waals surface area contributed by atoms with E-state index in [0.29, 0.717) is 5.56 Å². The van der Waals surface area contributed by atoms with E-state index < -0.39 is 0 Å². The standard InChI is InChI=1S/C13H15N5S/c1-2-15-7-3-4-12-17-18-13(19-12)11-6-5-10(8-14)9-16-11/h5-6,9,15H,2-4,7H2,1H3. The molecule has 0 aliphatic rings. The van der Waals surface area contributed by atoms with Crippen LogP contribution in [0.25, 0.3) is 10.7 Å². The van der Waals surface area contributed by atoms with E-state index in [1.807, 2.05) is 12.1 Å². The van der Waals surface area contributed by atoms with Crippen molar-refractivity contribution in [3.8, 4) is 16.8 Å². The lowest BCUT2D eigenvalue weighted by Crippen LogP contribution is -2.14. The van der Waals surface area contributed by atoms with E-state index in [-0.39, 0.29) is 0 Å². The fourth-order valence-electron chi connectivity index (χ4n) is 1.59. The molecule has 0 amide bonds. The van der Waals surface area contributed by atoms with Crippen molar-refractivity contribution in [2.24, 2.45) is 0 Å². The molecule has 2 aromatic heterocycles. The first-order chi connectivity index (χ1) is 9.33. The van der Waals surface area contributed by atoms with Crippen LogP contribution in [0.5, 0.6) is 0 Å². The molecule has 0 saturated carbocycles. The van der Waals surface area contributed by atoms with Gasteiger partial charge in [-0.1, -0.05) is 18.3 Å². The smallest absolute Gasteiger partial charge is 0.166 e. The van der Waals surface area contributed by atoms with Crippen molar-refractivity contribution in [2.75, 3.05) is 13.1 Å². The quantitative estimate of drug-likeness (QED) is 0.815. The van der Waals surface area contributed by atoms with Crippen LogP contribution in [0.1, 0.15) is 23.9 Å². The Morgan fingerprint density at radius 3 is 2.95 bits per heavy atom. The molecule has 2 rings (SSSR count). The molecule has 98 valence electrons. The van der Waals surface area contributed by atoms with Gasteiger partial charge in [-0.2, -0.15) is 5.26 Å². The molecule has 0 aliphatic carbocycles. The van der Waals surface area contributed by atoms with E-state index in [1.165, 1.54) is 0 Å². The zero-order chi connectivity index (χ0) is 13.5. The van der Waals surface area contributed by atoms with Crippen LogP contribution >= 0.6 is 11.3 Å². The molecular weight excluding hydrogens is 258 g/mol. The molecule has 0 unspecified atom stereocenters. The van der Waals surface area contributed by atoms with Gasteiger partial charge in [-0.05, 0) is 31.6 Å². The van der Waals surface area contributed by atoms with E-state index in [1.54, 1.807) is 23.6 Å². The highest BCUT2D eigenvalue weighted by Gasteiger charge is 2.07. The lowest BCUT2D eigenvalue weighted by molar-refractivity contribution is 0.669. The third-order valence-electron chi connectivity index (χ3n) is 2.57. The lowest BCUT2D eigenvalue weighted by Gasteiger charge is -1.97. The maximum absolute atomic E-state index is 8.72. The van der Waals surface area contributed by atoms with Crippen LogP contribution in [-0.2, 0) is 6.42 Å². The van der Waals surface area contributed by atoms with Crippen LogP contribution in [-0.4, -0.2) is 28.3 Å². The van der Waals surface area contributed by atoms with Crippen LogP contribution in [0, 0.1) is 11.3 Å². The molecular formula is C13H15N5S. The SMILES string of the molecule is CCNCCCc1nnc(-c2ccc(C#N)cn2)s1. The average Bonchev–Trinajstić information content (AvgIpc) is 2.92. The Morgan fingerprint density at radius 1 is 1.37 bits per heavy atom. The third-order valence-corrected chi connectivity index (χ3v) is 3.58. The molecule has 5 nitrogen and oxygen atoms in total.